The second-order valence-electron chi connectivity index (χ2n) is 8.03. The molecule has 35 heavy (non-hydrogen) atoms. The zero-order valence-electron chi connectivity index (χ0n) is 19.3. The summed E-state index contributed by atoms with van der Waals surface area (Å²) in [5, 5.41) is 4.16. The van der Waals surface area contributed by atoms with Gasteiger partial charge in [0.2, 0.25) is 0 Å². The summed E-state index contributed by atoms with van der Waals surface area (Å²) >= 11 is 0. The maximum atomic E-state index is 13.8. The number of rotatable bonds is 7. The number of benzene rings is 3. The summed E-state index contributed by atoms with van der Waals surface area (Å²) in [4.78, 5) is 0.0896. The lowest BCUT2D eigenvalue weighted by Gasteiger charge is -2.25. The topological polar surface area (TPSA) is 91.1 Å². The zero-order chi connectivity index (χ0) is 24.4. The first kappa shape index (κ1) is 22.8. The van der Waals surface area contributed by atoms with Crippen molar-refractivity contribution in [3.05, 3.63) is 84.1 Å². The highest BCUT2D eigenvalue weighted by molar-refractivity contribution is 7.92. The summed E-state index contributed by atoms with van der Waals surface area (Å²) in [5.41, 5.74) is 2.82. The third-order valence-corrected chi connectivity index (χ3v) is 7.43. The van der Waals surface area contributed by atoms with Crippen LogP contribution in [0, 0.1) is 6.92 Å². The number of para-hydroxylation sites is 1. The molecule has 0 saturated carbocycles. The normalized spacial score (nSPS) is 12.9. The lowest BCUT2D eigenvalue weighted by Crippen LogP contribution is -2.30. The first-order valence-corrected chi connectivity index (χ1v) is 12.5. The Bertz CT molecular complexity index is 1450. The van der Waals surface area contributed by atoms with Crippen molar-refractivity contribution in [3.63, 3.8) is 0 Å². The molecular weight excluding hydrogens is 468 g/mol. The Morgan fingerprint density at radius 3 is 2.46 bits per heavy atom. The molecule has 0 unspecified atom stereocenters. The Labute approximate surface area is 203 Å². The van der Waals surface area contributed by atoms with Gasteiger partial charge in [0.15, 0.2) is 17.3 Å². The number of hydrogen-bond acceptors (Lipinski definition) is 7. The Kier molecular flexibility index (Phi) is 6.08. The van der Waals surface area contributed by atoms with Gasteiger partial charge in [-0.05, 0) is 43.3 Å². The third kappa shape index (κ3) is 4.54. The molecule has 0 spiro atoms. The number of aromatic nitrogens is 1. The molecule has 180 valence electrons. The van der Waals surface area contributed by atoms with Gasteiger partial charge in [0.25, 0.3) is 10.0 Å². The fraction of sp³-hybridized carbons (Fsp3) is 0.192. The number of methoxy groups -OCH3 is 1. The molecule has 8 nitrogen and oxygen atoms in total. The van der Waals surface area contributed by atoms with Crippen molar-refractivity contribution < 1.29 is 27.2 Å². The first-order valence-electron chi connectivity index (χ1n) is 11.0. The Morgan fingerprint density at radius 2 is 1.69 bits per heavy atom. The van der Waals surface area contributed by atoms with Gasteiger partial charge < -0.3 is 18.7 Å². The van der Waals surface area contributed by atoms with E-state index in [9.17, 15) is 8.42 Å². The first-order chi connectivity index (χ1) is 17.0. The summed E-state index contributed by atoms with van der Waals surface area (Å²) in [5.74, 6) is 1.95. The molecule has 5 rings (SSSR count). The minimum atomic E-state index is -3.98. The molecule has 1 aliphatic heterocycles. The molecular formula is C26H24N2O6S. The van der Waals surface area contributed by atoms with Crippen molar-refractivity contribution in [1.29, 1.82) is 0 Å². The van der Waals surface area contributed by atoms with Crippen molar-refractivity contribution in [2.75, 3.05) is 24.6 Å². The van der Waals surface area contributed by atoms with Gasteiger partial charge in [-0.15, -0.1) is 0 Å². The van der Waals surface area contributed by atoms with Gasteiger partial charge in [-0.3, -0.25) is 4.31 Å². The van der Waals surface area contributed by atoms with Crippen LogP contribution in [-0.4, -0.2) is 33.9 Å². The van der Waals surface area contributed by atoms with Crippen LogP contribution in [0.2, 0.25) is 0 Å². The highest BCUT2D eigenvalue weighted by atomic mass is 32.2. The van der Waals surface area contributed by atoms with Crippen LogP contribution in [0.5, 0.6) is 17.2 Å². The van der Waals surface area contributed by atoms with Crippen LogP contribution in [0.25, 0.3) is 11.3 Å². The quantitative estimate of drug-likeness (QED) is 0.365. The molecule has 9 heteroatoms. The van der Waals surface area contributed by atoms with E-state index in [2.05, 4.69) is 5.16 Å². The second-order valence-corrected chi connectivity index (χ2v) is 9.89. The maximum absolute atomic E-state index is 13.8. The standard InChI is InChI=1S/C26H24N2O6S/c1-18-7-9-19(10-8-18)28(35(29,30)21-11-12-25-26(16-21)33-14-13-32-25)17-20-15-23(27-34-20)22-5-3-4-6-24(22)31-2/h3-12,15-16H,13-14,17H2,1-2H3. The monoisotopic (exact) mass is 492 g/mol. The average Bonchev–Trinajstić information content (AvgIpc) is 3.36. The minimum Gasteiger partial charge on any atom is -0.496 e. The summed E-state index contributed by atoms with van der Waals surface area (Å²) in [6.07, 6.45) is 0. The Hall–Kier alpha value is -3.98. The van der Waals surface area contributed by atoms with Gasteiger partial charge in [0.1, 0.15) is 24.7 Å². The number of ether oxygens (including phenoxy) is 3. The van der Waals surface area contributed by atoms with Gasteiger partial charge in [-0.25, -0.2) is 8.42 Å². The van der Waals surface area contributed by atoms with Crippen LogP contribution in [-0.2, 0) is 16.6 Å². The summed E-state index contributed by atoms with van der Waals surface area (Å²) < 4.78 is 51.1. The number of hydrogen-bond donors (Lipinski definition) is 0. The van der Waals surface area contributed by atoms with Gasteiger partial charge in [0, 0.05) is 17.7 Å². The van der Waals surface area contributed by atoms with Gasteiger partial charge in [-0.2, -0.15) is 0 Å². The molecule has 0 amide bonds. The number of nitrogens with zero attached hydrogens (tertiary/aromatic N) is 2. The van der Waals surface area contributed by atoms with E-state index >= 15 is 0 Å². The lowest BCUT2D eigenvalue weighted by atomic mass is 10.1. The van der Waals surface area contributed by atoms with Crippen molar-refractivity contribution in [1.82, 2.24) is 5.16 Å². The lowest BCUT2D eigenvalue weighted by molar-refractivity contribution is 0.171. The molecule has 1 aromatic heterocycles. The van der Waals surface area contributed by atoms with Gasteiger partial charge >= 0.3 is 0 Å². The van der Waals surface area contributed by atoms with Crippen LogP contribution in [0.15, 0.2) is 82.2 Å². The Balaban J connectivity index is 1.52. The maximum Gasteiger partial charge on any atom is 0.264 e. The molecule has 0 aliphatic carbocycles. The number of sulfonamides is 1. The van der Waals surface area contributed by atoms with E-state index in [0.717, 1.165) is 11.1 Å². The fourth-order valence-electron chi connectivity index (χ4n) is 3.85. The van der Waals surface area contributed by atoms with E-state index in [4.69, 9.17) is 18.7 Å². The molecule has 0 bridgehead atoms. The summed E-state index contributed by atoms with van der Waals surface area (Å²) in [6.45, 7) is 2.68. The molecule has 2 heterocycles. The molecule has 0 N–H and O–H groups in total. The molecule has 0 atom stereocenters. The van der Waals surface area contributed by atoms with Gasteiger partial charge in [0.05, 0.1) is 24.2 Å². The molecule has 0 radical (unpaired) electrons. The van der Waals surface area contributed by atoms with E-state index in [1.807, 2.05) is 43.3 Å². The molecule has 1 aliphatic rings. The highest BCUT2D eigenvalue weighted by Crippen LogP contribution is 2.35. The van der Waals surface area contributed by atoms with Gasteiger partial charge in [-0.1, -0.05) is 35.0 Å². The molecule has 4 aromatic rings. The van der Waals surface area contributed by atoms with E-state index < -0.39 is 10.0 Å². The van der Waals surface area contributed by atoms with E-state index in [0.29, 0.717) is 47.6 Å². The largest absolute Gasteiger partial charge is 0.496 e. The number of fused-ring (bicyclic) bond motifs is 1. The van der Waals surface area contributed by atoms with Crippen LogP contribution in [0.1, 0.15) is 11.3 Å². The Morgan fingerprint density at radius 1 is 0.943 bits per heavy atom. The van der Waals surface area contributed by atoms with E-state index in [1.54, 1.807) is 31.4 Å². The van der Waals surface area contributed by atoms with E-state index in [1.165, 1.54) is 16.4 Å². The summed E-state index contributed by atoms with van der Waals surface area (Å²) in [7, 11) is -2.40. The third-order valence-electron chi connectivity index (χ3n) is 5.66. The average molecular weight is 493 g/mol. The molecule has 3 aromatic carbocycles. The van der Waals surface area contributed by atoms with Crippen molar-refractivity contribution in [2.24, 2.45) is 0 Å². The van der Waals surface area contributed by atoms with Crippen LogP contribution in [0.3, 0.4) is 0 Å². The SMILES string of the molecule is COc1ccccc1-c1cc(CN(c2ccc(C)cc2)S(=O)(=O)c2ccc3c(c2)OCCO3)on1. The molecule has 0 saturated heterocycles. The smallest absolute Gasteiger partial charge is 0.264 e. The molecule has 0 fully saturated rings. The van der Waals surface area contributed by atoms with Crippen molar-refractivity contribution in [3.8, 4) is 28.5 Å². The number of anilines is 1. The van der Waals surface area contributed by atoms with Crippen molar-refractivity contribution >= 4 is 15.7 Å². The van der Waals surface area contributed by atoms with Crippen LogP contribution < -0.4 is 18.5 Å². The minimum absolute atomic E-state index is 0.0536. The van der Waals surface area contributed by atoms with Crippen LogP contribution >= 0.6 is 0 Å². The number of aryl methyl sites for hydroxylation is 1. The predicted molar refractivity (Wildman–Crippen MR) is 130 cm³/mol. The van der Waals surface area contributed by atoms with Crippen LogP contribution in [0.4, 0.5) is 5.69 Å². The van der Waals surface area contributed by atoms with E-state index in [-0.39, 0.29) is 11.4 Å². The predicted octanol–water partition coefficient (Wildman–Crippen LogP) is 4.83. The highest BCUT2D eigenvalue weighted by Gasteiger charge is 2.28. The zero-order valence-corrected chi connectivity index (χ0v) is 20.1. The van der Waals surface area contributed by atoms with Crippen molar-refractivity contribution in [2.45, 2.75) is 18.4 Å². The second kappa shape index (κ2) is 9.34. The summed E-state index contributed by atoms with van der Waals surface area (Å²) in [6, 6.07) is 21.0. The fourth-order valence-corrected chi connectivity index (χ4v) is 5.30.